The van der Waals surface area contributed by atoms with Crippen molar-refractivity contribution in [1.82, 2.24) is 0 Å². The van der Waals surface area contributed by atoms with Crippen LogP contribution in [0.1, 0.15) is 18.1 Å². The number of alkyl halides is 3. The van der Waals surface area contributed by atoms with E-state index in [-0.39, 0.29) is 11.4 Å². The van der Waals surface area contributed by atoms with Crippen LogP contribution >= 0.6 is 0 Å². The van der Waals surface area contributed by atoms with Crippen LogP contribution in [0.15, 0.2) is 57.7 Å². The van der Waals surface area contributed by atoms with Crippen molar-refractivity contribution in [2.45, 2.75) is 19.5 Å². The largest absolute Gasteiger partial charge is 0.484 e. The van der Waals surface area contributed by atoms with Crippen LogP contribution in [-0.4, -0.2) is 12.5 Å². The van der Waals surface area contributed by atoms with Crippen molar-refractivity contribution in [3.63, 3.8) is 0 Å². The summed E-state index contributed by atoms with van der Waals surface area (Å²) in [6.07, 6.45) is -3.94. The van der Waals surface area contributed by atoms with Crippen LogP contribution in [0.2, 0.25) is 0 Å². The molecule has 5 nitrogen and oxygen atoms in total. The number of fused-ring (bicyclic) bond motifs is 1. The third-order valence-electron chi connectivity index (χ3n) is 4.06. The first kappa shape index (κ1) is 19.5. The van der Waals surface area contributed by atoms with Crippen molar-refractivity contribution in [1.29, 1.82) is 0 Å². The molecule has 28 heavy (non-hydrogen) atoms. The van der Waals surface area contributed by atoms with Crippen molar-refractivity contribution in [3.05, 3.63) is 70.1 Å². The summed E-state index contributed by atoms with van der Waals surface area (Å²) >= 11 is 0. The molecule has 0 aliphatic carbocycles. The van der Waals surface area contributed by atoms with Crippen molar-refractivity contribution >= 4 is 22.6 Å². The molecule has 146 valence electrons. The first-order valence-electron chi connectivity index (χ1n) is 8.43. The number of amides is 1. The molecule has 0 fully saturated rings. The molecule has 0 unspecified atom stereocenters. The van der Waals surface area contributed by atoms with Gasteiger partial charge >= 0.3 is 11.8 Å². The Morgan fingerprint density at radius 2 is 1.89 bits per heavy atom. The fourth-order valence-corrected chi connectivity index (χ4v) is 2.77. The highest BCUT2D eigenvalue weighted by atomic mass is 19.4. The van der Waals surface area contributed by atoms with Crippen LogP contribution in [0.3, 0.4) is 0 Å². The number of hydrogen-bond acceptors (Lipinski definition) is 4. The fourth-order valence-electron chi connectivity index (χ4n) is 2.77. The zero-order valence-corrected chi connectivity index (χ0v) is 14.8. The number of hydrogen-bond donors (Lipinski definition) is 1. The normalized spacial score (nSPS) is 11.4. The Labute approximate surface area is 157 Å². The number of ether oxygens (including phenoxy) is 1. The number of rotatable bonds is 5. The molecule has 8 heteroatoms. The Morgan fingerprint density at radius 3 is 2.61 bits per heavy atom. The SMILES string of the molecule is CCc1cc(=O)oc2cc(OCC(=O)Nc3ccccc3C(F)(F)F)ccc12. The van der Waals surface area contributed by atoms with Gasteiger partial charge in [0.1, 0.15) is 11.3 Å². The minimum absolute atomic E-state index is 0.253. The van der Waals surface area contributed by atoms with Crippen molar-refractivity contribution in [2.75, 3.05) is 11.9 Å². The molecule has 0 atom stereocenters. The molecular formula is C20H16F3NO4. The predicted molar refractivity (Wildman–Crippen MR) is 97.4 cm³/mol. The maximum atomic E-state index is 13.0. The number of para-hydroxylation sites is 1. The summed E-state index contributed by atoms with van der Waals surface area (Å²) in [5.74, 6) is -0.497. The zero-order valence-electron chi connectivity index (χ0n) is 14.8. The highest BCUT2D eigenvalue weighted by Crippen LogP contribution is 2.34. The quantitative estimate of drug-likeness (QED) is 0.655. The smallest absolute Gasteiger partial charge is 0.418 e. The van der Waals surface area contributed by atoms with Gasteiger partial charge in [0.25, 0.3) is 5.91 Å². The minimum atomic E-state index is -4.59. The summed E-state index contributed by atoms with van der Waals surface area (Å²) in [5.41, 5.74) is -0.657. The summed E-state index contributed by atoms with van der Waals surface area (Å²) in [6, 6.07) is 10.8. The molecule has 0 bridgehead atoms. The highest BCUT2D eigenvalue weighted by Gasteiger charge is 2.33. The molecular weight excluding hydrogens is 375 g/mol. The van der Waals surface area contributed by atoms with E-state index in [0.717, 1.165) is 23.1 Å². The Kier molecular flexibility index (Phi) is 5.39. The van der Waals surface area contributed by atoms with Gasteiger partial charge in [-0.25, -0.2) is 4.79 Å². The molecule has 1 aromatic heterocycles. The van der Waals surface area contributed by atoms with Gasteiger partial charge in [-0.05, 0) is 36.2 Å². The van der Waals surface area contributed by atoms with E-state index in [2.05, 4.69) is 5.32 Å². The maximum Gasteiger partial charge on any atom is 0.418 e. The topological polar surface area (TPSA) is 68.5 Å². The molecule has 0 saturated heterocycles. The van der Waals surface area contributed by atoms with E-state index in [9.17, 15) is 22.8 Å². The lowest BCUT2D eigenvalue weighted by atomic mass is 10.1. The molecule has 2 aromatic carbocycles. The van der Waals surface area contributed by atoms with Crippen LogP contribution in [0.4, 0.5) is 18.9 Å². The molecule has 0 saturated carbocycles. The average molecular weight is 391 g/mol. The van der Waals surface area contributed by atoms with Gasteiger partial charge in [0.05, 0.1) is 11.3 Å². The first-order chi connectivity index (χ1) is 13.3. The molecule has 0 aliphatic rings. The monoisotopic (exact) mass is 391 g/mol. The number of carbonyl (C=O) groups is 1. The van der Waals surface area contributed by atoms with E-state index in [1.165, 1.54) is 24.3 Å². The van der Waals surface area contributed by atoms with Gasteiger partial charge in [0.15, 0.2) is 6.61 Å². The van der Waals surface area contributed by atoms with Gasteiger partial charge in [0.2, 0.25) is 0 Å². The second kappa shape index (κ2) is 7.75. The standard InChI is InChI=1S/C20H16F3NO4/c1-2-12-9-19(26)28-17-10-13(7-8-14(12)17)27-11-18(25)24-16-6-4-3-5-15(16)20(21,22)23/h3-10H,2,11H2,1H3,(H,24,25). The number of benzene rings is 2. The molecule has 0 aliphatic heterocycles. The van der Waals surface area contributed by atoms with Gasteiger partial charge in [0, 0.05) is 17.5 Å². The van der Waals surface area contributed by atoms with E-state index < -0.39 is 29.9 Å². The summed E-state index contributed by atoms with van der Waals surface area (Å²) in [5, 5.41) is 2.94. The lowest BCUT2D eigenvalue weighted by Crippen LogP contribution is -2.22. The summed E-state index contributed by atoms with van der Waals surface area (Å²) in [6.45, 7) is 1.40. The van der Waals surface area contributed by atoms with Crippen LogP contribution in [0.25, 0.3) is 11.0 Å². The third-order valence-corrected chi connectivity index (χ3v) is 4.06. The Balaban J connectivity index is 1.73. The number of carbonyl (C=O) groups excluding carboxylic acids is 1. The summed E-state index contributed by atoms with van der Waals surface area (Å²) < 4.78 is 49.4. The van der Waals surface area contributed by atoms with E-state index >= 15 is 0 Å². The molecule has 1 amide bonds. The number of aryl methyl sites for hydroxylation is 1. The minimum Gasteiger partial charge on any atom is -0.484 e. The van der Waals surface area contributed by atoms with Crippen LogP contribution in [-0.2, 0) is 17.4 Å². The highest BCUT2D eigenvalue weighted by molar-refractivity contribution is 5.92. The van der Waals surface area contributed by atoms with Gasteiger partial charge in [-0.1, -0.05) is 19.1 Å². The molecule has 0 spiro atoms. The van der Waals surface area contributed by atoms with Crippen molar-refractivity contribution in [3.8, 4) is 5.75 Å². The van der Waals surface area contributed by atoms with Crippen molar-refractivity contribution in [2.24, 2.45) is 0 Å². The predicted octanol–water partition coefficient (Wildman–Crippen LogP) is 4.39. The summed E-state index contributed by atoms with van der Waals surface area (Å²) in [4.78, 5) is 23.6. The number of nitrogens with one attached hydrogen (secondary N) is 1. The summed E-state index contributed by atoms with van der Waals surface area (Å²) in [7, 11) is 0. The van der Waals surface area contributed by atoms with Crippen LogP contribution in [0.5, 0.6) is 5.75 Å². The Hall–Kier alpha value is -3.29. The zero-order chi connectivity index (χ0) is 20.3. The fraction of sp³-hybridized carbons (Fsp3) is 0.200. The molecule has 1 heterocycles. The lowest BCUT2D eigenvalue weighted by molar-refractivity contribution is -0.137. The van der Waals surface area contributed by atoms with E-state index in [1.54, 1.807) is 12.1 Å². The first-order valence-corrected chi connectivity index (χ1v) is 8.43. The molecule has 1 N–H and O–H groups in total. The van der Waals surface area contributed by atoms with Crippen molar-refractivity contribution < 1.29 is 27.1 Å². The van der Waals surface area contributed by atoms with E-state index in [1.807, 2.05) is 6.92 Å². The Bertz CT molecular complexity index is 1070. The van der Waals surface area contributed by atoms with Gasteiger partial charge in [-0.2, -0.15) is 13.2 Å². The molecule has 3 rings (SSSR count). The maximum absolute atomic E-state index is 13.0. The van der Waals surface area contributed by atoms with Crippen LogP contribution < -0.4 is 15.7 Å². The molecule has 3 aromatic rings. The average Bonchev–Trinajstić information content (AvgIpc) is 2.65. The molecule has 0 radical (unpaired) electrons. The van der Waals surface area contributed by atoms with Gasteiger partial charge in [-0.15, -0.1) is 0 Å². The van der Waals surface area contributed by atoms with Gasteiger partial charge < -0.3 is 14.5 Å². The Morgan fingerprint density at radius 1 is 1.14 bits per heavy atom. The lowest BCUT2D eigenvalue weighted by Gasteiger charge is -2.14. The number of anilines is 1. The third kappa shape index (κ3) is 4.33. The van der Waals surface area contributed by atoms with E-state index in [4.69, 9.17) is 9.15 Å². The van der Waals surface area contributed by atoms with Crippen LogP contribution in [0, 0.1) is 0 Å². The van der Waals surface area contributed by atoms with E-state index in [0.29, 0.717) is 12.0 Å². The van der Waals surface area contributed by atoms with Gasteiger partial charge in [-0.3, -0.25) is 4.79 Å². The number of halogens is 3. The second-order valence-corrected chi connectivity index (χ2v) is 5.98. The second-order valence-electron chi connectivity index (χ2n) is 5.98.